The molecule has 0 spiro atoms. The van der Waals surface area contributed by atoms with E-state index in [0.717, 1.165) is 18.5 Å². The van der Waals surface area contributed by atoms with Crippen LogP contribution in [0.4, 0.5) is 5.69 Å². The molecule has 1 N–H and O–H groups in total. The van der Waals surface area contributed by atoms with Gasteiger partial charge in [0.05, 0.1) is 4.92 Å². The fraction of sp³-hybridized carbons (Fsp3) is 0.600. The zero-order valence-electron chi connectivity index (χ0n) is 12.5. The first-order chi connectivity index (χ1) is 8.76. The minimum absolute atomic E-state index is 0.116. The summed E-state index contributed by atoms with van der Waals surface area (Å²) < 4.78 is 0. The Hall–Kier alpha value is -1.42. The average molecular weight is 264 g/mol. The Bertz CT molecular complexity index is 455. The molecule has 0 aliphatic carbocycles. The quantitative estimate of drug-likeness (QED) is 0.624. The number of benzene rings is 1. The molecule has 4 heteroatoms. The van der Waals surface area contributed by atoms with E-state index in [1.54, 1.807) is 13.0 Å². The lowest BCUT2D eigenvalue weighted by molar-refractivity contribution is -0.385. The number of nitro benzene ring substituents is 1. The van der Waals surface area contributed by atoms with Crippen LogP contribution < -0.4 is 5.32 Å². The summed E-state index contributed by atoms with van der Waals surface area (Å²) in [7, 11) is 0. The predicted octanol–water partition coefficient (Wildman–Crippen LogP) is 3.99. The van der Waals surface area contributed by atoms with Crippen LogP contribution in [-0.2, 0) is 0 Å². The molecule has 1 unspecified atom stereocenters. The molecule has 19 heavy (non-hydrogen) atoms. The van der Waals surface area contributed by atoms with E-state index >= 15 is 0 Å². The van der Waals surface area contributed by atoms with E-state index in [4.69, 9.17) is 0 Å². The number of nitro groups is 1. The maximum atomic E-state index is 10.9. The third-order valence-corrected chi connectivity index (χ3v) is 3.77. The van der Waals surface area contributed by atoms with Gasteiger partial charge in [0.25, 0.3) is 5.69 Å². The van der Waals surface area contributed by atoms with Gasteiger partial charge in [-0.25, -0.2) is 0 Å². The molecule has 0 bridgehead atoms. The highest BCUT2D eigenvalue weighted by atomic mass is 16.6. The molecule has 0 heterocycles. The molecule has 0 saturated heterocycles. The van der Waals surface area contributed by atoms with E-state index in [1.807, 2.05) is 19.1 Å². The molecule has 0 fully saturated rings. The van der Waals surface area contributed by atoms with E-state index in [9.17, 15) is 10.1 Å². The van der Waals surface area contributed by atoms with E-state index in [-0.39, 0.29) is 22.1 Å². The predicted molar refractivity (Wildman–Crippen MR) is 78.3 cm³/mol. The number of hydrogen-bond donors (Lipinski definition) is 1. The van der Waals surface area contributed by atoms with Crippen LogP contribution in [0.15, 0.2) is 18.2 Å². The van der Waals surface area contributed by atoms with Gasteiger partial charge in [0, 0.05) is 24.2 Å². The Morgan fingerprint density at radius 2 is 2.05 bits per heavy atom. The molecule has 0 radical (unpaired) electrons. The van der Waals surface area contributed by atoms with Crippen molar-refractivity contribution in [1.29, 1.82) is 0 Å². The first-order valence-electron chi connectivity index (χ1n) is 6.75. The molecule has 1 aromatic carbocycles. The van der Waals surface area contributed by atoms with Crippen LogP contribution >= 0.6 is 0 Å². The van der Waals surface area contributed by atoms with Crippen molar-refractivity contribution in [3.05, 3.63) is 39.4 Å². The lowest BCUT2D eigenvalue weighted by Gasteiger charge is -2.26. The normalized spacial score (nSPS) is 13.3. The van der Waals surface area contributed by atoms with Crippen molar-refractivity contribution in [2.24, 2.45) is 5.41 Å². The van der Waals surface area contributed by atoms with Gasteiger partial charge in [-0.1, -0.05) is 32.9 Å². The first-order valence-corrected chi connectivity index (χ1v) is 6.75. The molecule has 1 atom stereocenters. The Labute approximate surface area is 115 Å². The summed E-state index contributed by atoms with van der Waals surface area (Å²) in [6.45, 7) is 11.3. The zero-order valence-corrected chi connectivity index (χ0v) is 12.5. The van der Waals surface area contributed by atoms with Gasteiger partial charge >= 0.3 is 0 Å². The number of aryl methyl sites for hydroxylation is 1. The molecular weight excluding hydrogens is 240 g/mol. The zero-order chi connectivity index (χ0) is 14.6. The second-order valence-electron chi connectivity index (χ2n) is 5.92. The lowest BCUT2D eigenvalue weighted by Crippen LogP contribution is -2.30. The van der Waals surface area contributed by atoms with Crippen molar-refractivity contribution in [2.45, 2.75) is 47.1 Å². The molecule has 4 nitrogen and oxygen atoms in total. The molecule has 0 aliphatic rings. The van der Waals surface area contributed by atoms with Crippen LogP contribution in [0.3, 0.4) is 0 Å². The Morgan fingerprint density at radius 3 is 2.58 bits per heavy atom. The fourth-order valence-electron chi connectivity index (χ4n) is 1.76. The number of nitrogens with one attached hydrogen (secondary N) is 1. The standard InChI is InChI=1S/C15H24N2O2/c1-6-15(4,5)10-16-12(3)13-8-7-11(2)14(9-13)17(18)19/h7-9,12,16H,6,10H2,1-5H3. The van der Waals surface area contributed by atoms with Gasteiger partial charge in [0.2, 0.25) is 0 Å². The largest absolute Gasteiger partial charge is 0.310 e. The molecule has 0 saturated carbocycles. The number of hydrogen-bond acceptors (Lipinski definition) is 3. The van der Waals surface area contributed by atoms with Crippen molar-refractivity contribution in [3.63, 3.8) is 0 Å². The van der Waals surface area contributed by atoms with Gasteiger partial charge in [-0.2, -0.15) is 0 Å². The first kappa shape index (κ1) is 15.6. The monoisotopic (exact) mass is 264 g/mol. The molecule has 106 valence electrons. The minimum Gasteiger partial charge on any atom is -0.310 e. The minimum atomic E-state index is -0.318. The maximum Gasteiger partial charge on any atom is 0.272 e. The van der Waals surface area contributed by atoms with Crippen LogP contribution in [0.25, 0.3) is 0 Å². The van der Waals surface area contributed by atoms with E-state index in [0.29, 0.717) is 5.56 Å². The lowest BCUT2D eigenvalue weighted by atomic mass is 9.90. The SMILES string of the molecule is CCC(C)(C)CNC(C)c1ccc(C)c([N+](=O)[O-])c1. The summed E-state index contributed by atoms with van der Waals surface area (Å²) in [5.74, 6) is 0. The number of rotatable bonds is 6. The van der Waals surface area contributed by atoms with Crippen LogP contribution in [0.5, 0.6) is 0 Å². The summed E-state index contributed by atoms with van der Waals surface area (Å²) in [4.78, 5) is 10.6. The molecule has 0 amide bonds. The Balaban J connectivity index is 2.80. The van der Waals surface area contributed by atoms with Crippen LogP contribution in [0.2, 0.25) is 0 Å². The Kier molecular flexibility index (Phi) is 5.06. The van der Waals surface area contributed by atoms with Crippen molar-refractivity contribution in [1.82, 2.24) is 5.32 Å². The highest BCUT2D eigenvalue weighted by Gasteiger charge is 2.18. The number of nitrogens with zero attached hydrogens (tertiary/aromatic N) is 1. The van der Waals surface area contributed by atoms with Crippen molar-refractivity contribution in [2.75, 3.05) is 6.54 Å². The summed E-state index contributed by atoms with van der Waals surface area (Å²) in [6, 6.07) is 5.56. The van der Waals surface area contributed by atoms with Crippen LogP contribution in [-0.4, -0.2) is 11.5 Å². The van der Waals surface area contributed by atoms with Gasteiger partial charge in [0.15, 0.2) is 0 Å². The molecule has 1 aromatic rings. The second-order valence-corrected chi connectivity index (χ2v) is 5.92. The second kappa shape index (κ2) is 6.15. The smallest absolute Gasteiger partial charge is 0.272 e. The van der Waals surface area contributed by atoms with Gasteiger partial charge in [-0.3, -0.25) is 10.1 Å². The summed E-state index contributed by atoms with van der Waals surface area (Å²) >= 11 is 0. The third-order valence-electron chi connectivity index (χ3n) is 3.77. The summed E-state index contributed by atoms with van der Waals surface area (Å²) in [5, 5.41) is 14.4. The summed E-state index contributed by atoms with van der Waals surface area (Å²) in [6.07, 6.45) is 1.10. The van der Waals surface area contributed by atoms with Gasteiger partial charge in [0.1, 0.15) is 0 Å². The summed E-state index contributed by atoms with van der Waals surface area (Å²) in [5.41, 5.74) is 2.10. The van der Waals surface area contributed by atoms with Gasteiger partial charge in [-0.05, 0) is 31.2 Å². The maximum absolute atomic E-state index is 10.9. The van der Waals surface area contributed by atoms with E-state index in [2.05, 4.69) is 26.1 Å². The van der Waals surface area contributed by atoms with Crippen LogP contribution in [0, 0.1) is 22.5 Å². The Morgan fingerprint density at radius 1 is 1.42 bits per heavy atom. The van der Waals surface area contributed by atoms with Crippen molar-refractivity contribution >= 4 is 5.69 Å². The molecular formula is C15H24N2O2. The molecule has 0 aliphatic heterocycles. The highest BCUT2D eigenvalue weighted by Crippen LogP contribution is 2.24. The van der Waals surface area contributed by atoms with Gasteiger partial charge in [-0.15, -0.1) is 0 Å². The van der Waals surface area contributed by atoms with Crippen molar-refractivity contribution < 1.29 is 4.92 Å². The average Bonchev–Trinajstić information content (AvgIpc) is 2.36. The molecule has 0 aromatic heterocycles. The highest BCUT2D eigenvalue weighted by molar-refractivity contribution is 5.43. The van der Waals surface area contributed by atoms with E-state index < -0.39 is 0 Å². The van der Waals surface area contributed by atoms with E-state index in [1.165, 1.54) is 0 Å². The topological polar surface area (TPSA) is 55.2 Å². The van der Waals surface area contributed by atoms with Crippen molar-refractivity contribution in [3.8, 4) is 0 Å². The fourth-order valence-corrected chi connectivity index (χ4v) is 1.76. The van der Waals surface area contributed by atoms with Crippen LogP contribution in [0.1, 0.15) is 51.3 Å². The third kappa shape index (κ3) is 4.31. The molecule has 1 rings (SSSR count). The van der Waals surface area contributed by atoms with Gasteiger partial charge < -0.3 is 5.32 Å².